The first-order valence-corrected chi connectivity index (χ1v) is 6.31. The summed E-state index contributed by atoms with van der Waals surface area (Å²) in [6.45, 7) is 5.50. The second-order valence-corrected chi connectivity index (χ2v) is 5.17. The van der Waals surface area contributed by atoms with Crippen LogP contribution in [-0.2, 0) is 4.74 Å². The molecule has 0 aromatic carbocycles. The Balaban J connectivity index is 1.83. The van der Waals surface area contributed by atoms with Crippen molar-refractivity contribution >= 4 is 22.6 Å². The zero-order valence-electron chi connectivity index (χ0n) is 7.84. The maximum Gasteiger partial charge on any atom is 0.121 e. The van der Waals surface area contributed by atoms with E-state index in [1.54, 1.807) is 0 Å². The van der Waals surface area contributed by atoms with E-state index >= 15 is 0 Å². The first-order chi connectivity index (χ1) is 6.36. The van der Waals surface area contributed by atoms with Crippen LogP contribution in [0.25, 0.3) is 0 Å². The third-order valence-corrected chi connectivity index (χ3v) is 3.60. The van der Waals surface area contributed by atoms with Crippen LogP contribution < -0.4 is 5.32 Å². The summed E-state index contributed by atoms with van der Waals surface area (Å²) < 4.78 is 5.92. The van der Waals surface area contributed by atoms with Crippen molar-refractivity contribution in [3.05, 3.63) is 0 Å². The molecule has 2 fully saturated rings. The van der Waals surface area contributed by atoms with Gasteiger partial charge in [0.2, 0.25) is 0 Å². The van der Waals surface area contributed by atoms with Crippen molar-refractivity contribution in [1.82, 2.24) is 10.2 Å². The smallest absolute Gasteiger partial charge is 0.121 e. The van der Waals surface area contributed by atoms with E-state index < -0.39 is 0 Å². The second kappa shape index (κ2) is 4.91. The van der Waals surface area contributed by atoms with Crippen molar-refractivity contribution in [2.24, 2.45) is 0 Å². The number of nitrogens with one attached hydrogen (secondary N) is 1. The highest BCUT2D eigenvalue weighted by Gasteiger charge is 2.25. The van der Waals surface area contributed by atoms with Crippen LogP contribution in [0.1, 0.15) is 12.8 Å². The number of morpholine rings is 1. The maximum absolute atomic E-state index is 5.52. The molecule has 2 rings (SSSR count). The molecule has 0 radical (unpaired) electrons. The molecule has 2 atom stereocenters. The van der Waals surface area contributed by atoms with Crippen molar-refractivity contribution < 1.29 is 4.74 Å². The van der Waals surface area contributed by atoms with Crippen molar-refractivity contribution in [2.45, 2.75) is 23.0 Å². The SMILES string of the molecule is IC1CN(C2CCCNC2)CCO1. The molecule has 0 aromatic rings. The Morgan fingerprint density at radius 3 is 3.08 bits per heavy atom. The lowest BCUT2D eigenvalue weighted by atomic mass is 10.1. The van der Waals surface area contributed by atoms with Crippen LogP contribution in [0, 0.1) is 0 Å². The van der Waals surface area contributed by atoms with Gasteiger partial charge in [-0.3, -0.25) is 4.90 Å². The molecule has 2 aliphatic rings. The number of ether oxygens (including phenoxy) is 1. The highest BCUT2D eigenvalue weighted by atomic mass is 127. The first-order valence-electron chi connectivity index (χ1n) is 5.07. The summed E-state index contributed by atoms with van der Waals surface area (Å²) in [7, 11) is 0. The molecule has 2 heterocycles. The van der Waals surface area contributed by atoms with Gasteiger partial charge in [-0.25, -0.2) is 0 Å². The molecule has 0 saturated carbocycles. The standard InChI is InChI=1S/C9H17IN2O/c10-9-7-12(4-5-13-9)8-2-1-3-11-6-8/h8-9,11H,1-7H2. The fourth-order valence-corrected chi connectivity index (χ4v) is 2.86. The Morgan fingerprint density at radius 1 is 1.46 bits per heavy atom. The van der Waals surface area contributed by atoms with Crippen molar-refractivity contribution in [3.8, 4) is 0 Å². The zero-order valence-corrected chi connectivity index (χ0v) is 10.00. The van der Waals surface area contributed by atoms with Gasteiger partial charge >= 0.3 is 0 Å². The summed E-state index contributed by atoms with van der Waals surface area (Å²) in [5.41, 5.74) is 0. The van der Waals surface area contributed by atoms with E-state index in [0.29, 0.717) is 4.11 Å². The van der Waals surface area contributed by atoms with Gasteiger partial charge in [0.1, 0.15) is 4.11 Å². The third kappa shape index (κ3) is 2.78. The van der Waals surface area contributed by atoms with E-state index in [-0.39, 0.29) is 0 Å². The molecular formula is C9H17IN2O. The molecule has 2 unspecified atom stereocenters. The molecule has 0 aromatic heterocycles. The van der Waals surface area contributed by atoms with Crippen molar-refractivity contribution in [2.75, 3.05) is 32.8 Å². The lowest BCUT2D eigenvalue weighted by molar-refractivity contribution is 0.00214. The monoisotopic (exact) mass is 296 g/mol. The molecule has 2 saturated heterocycles. The van der Waals surface area contributed by atoms with Gasteiger partial charge < -0.3 is 10.1 Å². The van der Waals surface area contributed by atoms with Gasteiger partial charge in [0.05, 0.1) is 6.61 Å². The van der Waals surface area contributed by atoms with E-state index in [4.69, 9.17) is 4.74 Å². The molecule has 76 valence electrons. The van der Waals surface area contributed by atoms with Crippen LogP contribution in [0.2, 0.25) is 0 Å². The van der Waals surface area contributed by atoms with Crippen molar-refractivity contribution in [1.29, 1.82) is 0 Å². The normalized spacial score (nSPS) is 37.6. The lowest BCUT2D eigenvalue weighted by Gasteiger charge is -2.38. The number of alkyl halides is 1. The minimum atomic E-state index is 0.397. The lowest BCUT2D eigenvalue weighted by Crippen LogP contribution is -2.51. The molecule has 0 spiro atoms. The van der Waals surface area contributed by atoms with Gasteiger partial charge in [-0.15, -0.1) is 0 Å². The highest BCUT2D eigenvalue weighted by Crippen LogP contribution is 2.17. The summed E-state index contributed by atoms with van der Waals surface area (Å²) in [4.78, 5) is 2.58. The summed E-state index contributed by atoms with van der Waals surface area (Å²) in [5, 5.41) is 3.46. The number of hydrogen-bond acceptors (Lipinski definition) is 3. The number of rotatable bonds is 1. The molecule has 0 bridgehead atoms. The molecule has 0 aliphatic carbocycles. The quantitative estimate of drug-likeness (QED) is 0.573. The van der Waals surface area contributed by atoms with E-state index in [1.807, 2.05) is 0 Å². The average molecular weight is 296 g/mol. The number of nitrogens with zero attached hydrogens (tertiary/aromatic N) is 1. The highest BCUT2D eigenvalue weighted by molar-refractivity contribution is 14.1. The molecule has 13 heavy (non-hydrogen) atoms. The van der Waals surface area contributed by atoms with E-state index in [2.05, 4.69) is 32.8 Å². The van der Waals surface area contributed by atoms with Crippen molar-refractivity contribution in [3.63, 3.8) is 0 Å². The van der Waals surface area contributed by atoms with Gasteiger partial charge in [-0.05, 0) is 42.0 Å². The van der Waals surface area contributed by atoms with Crippen LogP contribution in [0.5, 0.6) is 0 Å². The fourth-order valence-electron chi connectivity index (χ4n) is 2.10. The predicted molar refractivity (Wildman–Crippen MR) is 61.2 cm³/mol. The van der Waals surface area contributed by atoms with Crippen LogP contribution >= 0.6 is 22.6 Å². The molecule has 3 nitrogen and oxygen atoms in total. The van der Waals surface area contributed by atoms with Gasteiger partial charge in [-0.1, -0.05) is 0 Å². The van der Waals surface area contributed by atoms with Gasteiger partial charge in [0.15, 0.2) is 0 Å². The fraction of sp³-hybridized carbons (Fsp3) is 1.00. The Labute approximate surface area is 93.3 Å². The van der Waals surface area contributed by atoms with Crippen LogP contribution in [0.3, 0.4) is 0 Å². The van der Waals surface area contributed by atoms with E-state index in [0.717, 1.165) is 25.7 Å². The summed E-state index contributed by atoms with van der Waals surface area (Å²) >= 11 is 2.38. The first kappa shape index (κ1) is 10.1. The molecular weight excluding hydrogens is 279 g/mol. The Hall–Kier alpha value is 0.610. The van der Waals surface area contributed by atoms with Crippen LogP contribution in [0.15, 0.2) is 0 Å². The minimum Gasteiger partial charge on any atom is -0.365 e. The number of piperidine rings is 1. The summed E-state index contributed by atoms with van der Waals surface area (Å²) in [5.74, 6) is 0. The summed E-state index contributed by atoms with van der Waals surface area (Å²) in [6, 6.07) is 0.759. The molecule has 1 N–H and O–H groups in total. The predicted octanol–water partition coefficient (Wildman–Crippen LogP) is 0.832. The second-order valence-electron chi connectivity index (χ2n) is 3.78. The van der Waals surface area contributed by atoms with Gasteiger partial charge in [-0.2, -0.15) is 0 Å². The molecule has 4 heteroatoms. The van der Waals surface area contributed by atoms with Crippen LogP contribution in [0.4, 0.5) is 0 Å². The zero-order chi connectivity index (χ0) is 9.10. The third-order valence-electron chi connectivity index (χ3n) is 2.84. The summed E-state index contributed by atoms with van der Waals surface area (Å²) in [6.07, 6.45) is 2.68. The number of halogens is 1. The maximum atomic E-state index is 5.52. The Bertz CT molecular complexity index is 162. The van der Waals surface area contributed by atoms with Crippen LogP contribution in [-0.4, -0.2) is 47.8 Å². The van der Waals surface area contributed by atoms with Gasteiger partial charge in [0, 0.05) is 25.7 Å². The average Bonchev–Trinajstić information content (AvgIpc) is 2.19. The van der Waals surface area contributed by atoms with Gasteiger partial charge in [0.25, 0.3) is 0 Å². The number of hydrogen-bond donors (Lipinski definition) is 1. The largest absolute Gasteiger partial charge is 0.365 e. The Morgan fingerprint density at radius 2 is 2.38 bits per heavy atom. The minimum absolute atomic E-state index is 0.397. The van der Waals surface area contributed by atoms with E-state index in [1.165, 1.54) is 25.9 Å². The topological polar surface area (TPSA) is 24.5 Å². The molecule has 2 aliphatic heterocycles. The Kier molecular flexibility index (Phi) is 3.83. The van der Waals surface area contributed by atoms with E-state index in [9.17, 15) is 0 Å². The molecule has 0 amide bonds.